The van der Waals surface area contributed by atoms with Crippen molar-refractivity contribution in [2.24, 2.45) is 5.92 Å². The summed E-state index contributed by atoms with van der Waals surface area (Å²) in [6.07, 6.45) is 4.30. The highest BCUT2D eigenvalue weighted by atomic mass is 16.1. The molecule has 7 heteroatoms. The zero-order valence-corrected chi connectivity index (χ0v) is 16.1. The second kappa shape index (κ2) is 7.80. The highest BCUT2D eigenvalue weighted by Gasteiger charge is 2.22. The maximum absolute atomic E-state index is 12.2. The van der Waals surface area contributed by atoms with Crippen LogP contribution in [0.25, 0.3) is 5.82 Å². The molecule has 0 unspecified atom stereocenters. The van der Waals surface area contributed by atoms with Crippen LogP contribution in [0.4, 0.5) is 17.2 Å². The van der Waals surface area contributed by atoms with E-state index in [1.165, 1.54) is 0 Å². The van der Waals surface area contributed by atoms with E-state index in [-0.39, 0.29) is 11.8 Å². The Morgan fingerprint density at radius 2 is 1.71 bits per heavy atom. The van der Waals surface area contributed by atoms with Crippen molar-refractivity contribution in [3.05, 3.63) is 53.9 Å². The topological polar surface area (TPSA) is 84.7 Å². The molecule has 0 bridgehead atoms. The highest BCUT2D eigenvalue weighted by Crippen LogP contribution is 2.26. The summed E-state index contributed by atoms with van der Waals surface area (Å²) in [4.78, 5) is 12.2. The fourth-order valence-electron chi connectivity index (χ4n) is 3.58. The normalized spacial score (nSPS) is 14.2. The van der Waals surface area contributed by atoms with Crippen molar-refractivity contribution in [2.75, 3.05) is 10.6 Å². The molecule has 1 amide bonds. The van der Waals surface area contributed by atoms with Crippen molar-refractivity contribution in [3.63, 3.8) is 0 Å². The number of nitrogens with one attached hydrogen (secondary N) is 2. The van der Waals surface area contributed by atoms with E-state index in [2.05, 4.69) is 25.9 Å². The van der Waals surface area contributed by atoms with E-state index in [1.54, 1.807) is 4.68 Å². The van der Waals surface area contributed by atoms with Crippen molar-refractivity contribution in [1.29, 1.82) is 0 Å². The summed E-state index contributed by atoms with van der Waals surface area (Å²) < 4.78 is 1.77. The average molecular weight is 376 g/mol. The zero-order chi connectivity index (χ0) is 19.5. The fraction of sp³-hybridized carbons (Fsp3) is 0.333. The second-order valence-corrected chi connectivity index (χ2v) is 7.29. The molecule has 3 aromatic rings. The lowest BCUT2D eigenvalue weighted by molar-refractivity contribution is -0.119. The van der Waals surface area contributed by atoms with Crippen molar-refractivity contribution in [2.45, 2.75) is 39.5 Å². The fourth-order valence-corrected chi connectivity index (χ4v) is 3.58. The van der Waals surface area contributed by atoms with Crippen LogP contribution in [-0.2, 0) is 4.79 Å². The molecule has 0 spiro atoms. The van der Waals surface area contributed by atoms with E-state index in [1.807, 2.05) is 56.3 Å². The number of hydrogen-bond donors (Lipinski definition) is 2. The van der Waals surface area contributed by atoms with E-state index in [4.69, 9.17) is 0 Å². The molecule has 0 radical (unpaired) electrons. The van der Waals surface area contributed by atoms with E-state index in [9.17, 15) is 4.79 Å². The molecular formula is C21H24N6O. The Balaban J connectivity index is 1.39. The standard InChI is InChI=1S/C21H24N6O/c1-14-13-15(2)27(26-14)20-12-11-19(24-25-20)22-17-7-9-18(10-8-17)23-21(28)16-5-3-4-6-16/h7-13,16H,3-6H2,1-2H3,(H,22,24)(H,23,28). The molecular weight excluding hydrogens is 352 g/mol. The third-order valence-corrected chi connectivity index (χ3v) is 5.03. The first-order valence-electron chi connectivity index (χ1n) is 9.64. The van der Waals surface area contributed by atoms with Gasteiger partial charge in [0.1, 0.15) is 0 Å². The number of hydrogen-bond acceptors (Lipinski definition) is 5. The quantitative estimate of drug-likeness (QED) is 0.699. The third kappa shape index (κ3) is 4.03. The minimum absolute atomic E-state index is 0.129. The predicted octanol–water partition coefficient (Wildman–Crippen LogP) is 4.15. The Morgan fingerprint density at radius 3 is 2.32 bits per heavy atom. The lowest BCUT2D eigenvalue weighted by atomic mass is 10.1. The largest absolute Gasteiger partial charge is 0.339 e. The molecule has 144 valence electrons. The smallest absolute Gasteiger partial charge is 0.227 e. The summed E-state index contributed by atoms with van der Waals surface area (Å²) in [6, 6.07) is 13.4. The number of anilines is 3. The summed E-state index contributed by atoms with van der Waals surface area (Å²) in [5, 5.41) is 19.1. The van der Waals surface area contributed by atoms with Gasteiger partial charge < -0.3 is 10.6 Å². The predicted molar refractivity (Wildman–Crippen MR) is 109 cm³/mol. The van der Waals surface area contributed by atoms with Gasteiger partial charge in [-0.1, -0.05) is 12.8 Å². The Kier molecular flexibility index (Phi) is 5.06. The number of aryl methyl sites for hydroxylation is 2. The van der Waals surface area contributed by atoms with Crippen LogP contribution in [0.5, 0.6) is 0 Å². The van der Waals surface area contributed by atoms with Gasteiger partial charge in [-0.15, -0.1) is 10.2 Å². The van der Waals surface area contributed by atoms with Crippen molar-refractivity contribution < 1.29 is 4.79 Å². The first kappa shape index (κ1) is 18.2. The van der Waals surface area contributed by atoms with Gasteiger partial charge in [0.25, 0.3) is 0 Å². The van der Waals surface area contributed by atoms with Crippen LogP contribution in [0, 0.1) is 19.8 Å². The molecule has 1 saturated carbocycles. The molecule has 2 aromatic heterocycles. The van der Waals surface area contributed by atoms with Crippen LogP contribution in [0.2, 0.25) is 0 Å². The van der Waals surface area contributed by atoms with E-state index in [0.717, 1.165) is 48.4 Å². The van der Waals surface area contributed by atoms with Gasteiger partial charge in [-0.3, -0.25) is 4.79 Å². The van der Waals surface area contributed by atoms with Gasteiger partial charge in [0.2, 0.25) is 5.91 Å². The van der Waals surface area contributed by atoms with Crippen molar-refractivity contribution in [3.8, 4) is 5.82 Å². The second-order valence-electron chi connectivity index (χ2n) is 7.29. The van der Waals surface area contributed by atoms with Crippen molar-refractivity contribution >= 4 is 23.1 Å². The molecule has 2 heterocycles. The van der Waals surface area contributed by atoms with Gasteiger partial charge in [-0.2, -0.15) is 5.10 Å². The number of carbonyl (C=O) groups is 1. The van der Waals surface area contributed by atoms with Gasteiger partial charge in [0, 0.05) is 23.0 Å². The summed E-state index contributed by atoms with van der Waals surface area (Å²) >= 11 is 0. The number of amides is 1. The van der Waals surface area contributed by atoms with Crippen molar-refractivity contribution in [1.82, 2.24) is 20.0 Å². The number of nitrogens with zero attached hydrogens (tertiary/aromatic N) is 4. The minimum atomic E-state index is 0.129. The van der Waals surface area contributed by atoms with Crippen LogP contribution in [0.1, 0.15) is 37.1 Å². The first-order valence-corrected chi connectivity index (χ1v) is 9.64. The molecule has 7 nitrogen and oxygen atoms in total. The molecule has 0 atom stereocenters. The first-order chi connectivity index (χ1) is 13.6. The number of rotatable bonds is 5. The average Bonchev–Trinajstić information content (AvgIpc) is 3.34. The van der Waals surface area contributed by atoms with Gasteiger partial charge >= 0.3 is 0 Å². The molecule has 1 fully saturated rings. The molecule has 28 heavy (non-hydrogen) atoms. The molecule has 1 aromatic carbocycles. The zero-order valence-electron chi connectivity index (χ0n) is 16.1. The monoisotopic (exact) mass is 376 g/mol. The molecule has 1 aliphatic rings. The lowest BCUT2D eigenvalue weighted by Crippen LogP contribution is -2.20. The molecule has 1 aliphatic carbocycles. The Labute approximate surface area is 164 Å². The van der Waals surface area contributed by atoms with Gasteiger partial charge in [-0.05, 0) is 69.2 Å². The number of carbonyl (C=O) groups excluding carboxylic acids is 1. The Morgan fingerprint density at radius 1 is 1.00 bits per heavy atom. The van der Waals surface area contributed by atoms with E-state index < -0.39 is 0 Å². The minimum Gasteiger partial charge on any atom is -0.339 e. The number of benzene rings is 1. The lowest BCUT2D eigenvalue weighted by Gasteiger charge is -2.11. The van der Waals surface area contributed by atoms with E-state index in [0.29, 0.717) is 11.6 Å². The molecule has 2 N–H and O–H groups in total. The maximum atomic E-state index is 12.2. The van der Waals surface area contributed by atoms with Crippen LogP contribution in [-0.4, -0.2) is 25.9 Å². The van der Waals surface area contributed by atoms with Crippen LogP contribution in [0.3, 0.4) is 0 Å². The summed E-state index contributed by atoms with van der Waals surface area (Å²) in [6.45, 7) is 3.94. The van der Waals surface area contributed by atoms with Gasteiger partial charge in [-0.25, -0.2) is 4.68 Å². The van der Waals surface area contributed by atoms with E-state index >= 15 is 0 Å². The van der Waals surface area contributed by atoms with Crippen LogP contribution < -0.4 is 10.6 Å². The van der Waals surface area contributed by atoms with Gasteiger partial charge in [0.05, 0.1) is 5.69 Å². The SMILES string of the molecule is Cc1cc(C)n(-c2ccc(Nc3ccc(NC(=O)C4CCCC4)cc3)nn2)n1. The van der Waals surface area contributed by atoms with Gasteiger partial charge in [0.15, 0.2) is 11.6 Å². The summed E-state index contributed by atoms with van der Waals surface area (Å²) in [7, 11) is 0. The number of aromatic nitrogens is 4. The Bertz CT molecular complexity index is 956. The molecule has 4 rings (SSSR count). The maximum Gasteiger partial charge on any atom is 0.227 e. The highest BCUT2D eigenvalue weighted by molar-refractivity contribution is 5.92. The van der Waals surface area contributed by atoms with Crippen LogP contribution >= 0.6 is 0 Å². The third-order valence-electron chi connectivity index (χ3n) is 5.03. The summed E-state index contributed by atoms with van der Waals surface area (Å²) in [5.41, 5.74) is 3.66. The molecule has 0 aliphatic heterocycles. The molecule has 0 saturated heterocycles. The summed E-state index contributed by atoms with van der Waals surface area (Å²) in [5.74, 6) is 1.62. The van der Waals surface area contributed by atoms with Crippen LogP contribution in [0.15, 0.2) is 42.5 Å². The Hall–Kier alpha value is -3.22.